The van der Waals surface area contributed by atoms with Gasteiger partial charge >= 0.3 is 0 Å². The van der Waals surface area contributed by atoms with Crippen LogP contribution in [0, 0.1) is 5.92 Å². The minimum absolute atomic E-state index is 0.420. The lowest BCUT2D eigenvalue weighted by molar-refractivity contribution is 0.217. The Bertz CT molecular complexity index is 295. The van der Waals surface area contributed by atoms with Crippen LogP contribution in [0.2, 0.25) is 0 Å². The minimum Gasteiger partial charge on any atom is -0.367 e. The number of nitrogens with zero attached hydrogens (tertiary/aromatic N) is 4. The average Bonchev–Trinajstić information content (AvgIpc) is 2.64. The molecule has 0 radical (unpaired) electrons. The Morgan fingerprint density at radius 3 is 2.86 bits per heavy atom. The molecule has 1 aliphatic rings. The molecule has 2 rings (SSSR count). The van der Waals surface area contributed by atoms with E-state index >= 15 is 0 Å². The number of tetrazole rings is 1. The van der Waals surface area contributed by atoms with Crippen LogP contribution in [0.15, 0.2) is 0 Å². The molecule has 2 unspecified atom stereocenters. The molecule has 1 heterocycles. The first-order valence-electron chi connectivity index (χ1n) is 5.36. The van der Waals surface area contributed by atoms with Crippen LogP contribution in [0.5, 0.6) is 0 Å². The van der Waals surface area contributed by atoms with Gasteiger partial charge in [-0.2, -0.15) is 0 Å². The van der Waals surface area contributed by atoms with Crippen LogP contribution in [0.3, 0.4) is 0 Å². The fourth-order valence-corrected chi connectivity index (χ4v) is 2.42. The molecule has 1 aromatic rings. The molecule has 0 aliphatic heterocycles. The maximum atomic E-state index is 5.72. The van der Waals surface area contributed by atoms with Crippen LogP contribution in [0.4, 0.5) is 5.95 Å². The topological polar surface area (TPSA) is 69.6 Å². The lowest BCUT2D eigenvalue weighted by atomic mass is 9.83. The summed E-state index contributed by atoms with van der Waals surface area (Å²) in [7, 11) is 0. The molecule has 1 fully saturated rings. The summed E-state index contributed by atoms with van der Waals surface area (Å²) in [6, 6.07) is 0.420. The third kappa shape index (κ3) is 1.58. The van der Waals surface area contributed by atoms with Gasteiger partial charge in [-0.15, -0.1) is 0 Å². The van der Waals surface area contributed by atoms with E-state index in [1.54, 1.807) is 4.68 Å². The van der Waals surface area contributed by atoms with E-state index in [1.807, 2.05) is 0 Å². The lowest BCUT2D eigenvalue weighted by Crippen LogP contribution is -2.25. The fraction of sp³-hybridized carbons (Fsp3) is 0.889. The number of aromatic nitrogens is 4. The second kappa shape index (κ2) is 3.94. The molecule has 2 N–H and O–H groups in total. The van der Waals surface area contributed by atoms with Gasteiger partial charge in [0.05, 0.1) is 6.04 Å². The van der Waals surface area contributed by atoms with Crippen molar-refractivity contribution in [1.82, 2.24) is 20.2 Å². The van der Waals surface area contributed by atoms with Crippen LogP contribution in [0.25, 0.3) is 0 Å². The van der Waals surface area contributed by atoms with Crippen molar-refractivity contribution in [2.75, 3.05) is 5.73 Å². The molecular weight excluding hydrogens is 178 g/mol. The Morgan fingerprint density at radius 2 is 2.21 bits per heavy atom. The third-order valence-electron chi connectivity index (χ3n) is 3.23. The Balaban J connectivity index is 2.19. The van der Waals surface area contributed by atoms with Gasteiger partial charge in [0.1, 0.15) is 0 Å². The molecule has 0 spiro atoms. The van der Waals surface area contributed by atoms with E-state index in [1.165, 1.54) is 25.7 Å². The summed E-state index contributed by atoms with van der Waals surface area (Å²) in [6.07, 6.45) is 6.22. The quantitative estimate of drug-likeness (QED) is 0.774. The fourth-order valence-electron chi connectivity index (χ4n) is 2.42. The molecule has 14 heavy (non-hydrogen) atoms. The van der Waals surface area contributed by atoms with Crippen molar-refractivity contribution in [3.8, 4) is 0 Å². The van der Waals surface area contributed by atoms with Gasteiger partial charge < -0.3 is 5.73 Å². The highest BCUT2D eigenvalue weighted by molar-refractivity contribution is 5.12. The lowest BCUT2D eigenvalue weighted by Gasteiger charge is -2.30. The molecule has 1 aromatic heterocycles. The largest absolute Gasteiger partial charge is 0.367 e. The Hall–Kier alpha value is -1.13. The van der Waals surface area contributed by atoms with E-state index in [4.69, 9.17) is 5.73 Å². The monoisotopic (exact) mass is 195 g/mol. The molecule has 0 saturated heterocycles. The van der Waals surface area contributed by atoms with Crippen LogP contribution in [-0.4, -0.2) is 20.2 Å². The Labute approximate surface area is 83.7 Å². The molecule has 0 bridgehead atoms. The van der Waals surface area contributed by atoms with Gasteiger partial charge in [-0.3, -0.25) is 0 Å². The zero-order chi connectivity index (χ0) is 9.97. The maximum Gasteiger partial charge on any atom is 0.240 e. The number of nitrogens with two attached hydrogens (primary N) is 1. The van der Waals surface area contributed by atoms with Crippen molar-refractivity contribution in [2.24, 2.45) is 5.92 Å². The second-order valence-corrected chi connectivity index (χ2v) is 4.00. The Kier molecular flexibility index (Phi) is 2.65. The van der Waals surface area contributed by atoms with E-state index in [0.29, 0.717) is 17.9 Å². The van der Waals surface area contributed by atoms with Crippen LogP contribution in [-0.2, 0) is 0 Å². The van der Waals surface area contributed by atoms with Crippen molar-refractivity contribution in [3.05, 3.63) is 0 Å². The van der Waals surface area contributed by atoms with Crippen molar-refractivity contribution in [2.45, 2.75) is 45.1 Å². The summed E-state index contributed by atoms with van der Waals surface area (Å²) in [5, 5.41) is 11.3. The smallest absolute Gasteiger partial charge is 0.240 e. The first-order valence-corrected chi connectivity index (χ1v) is 5.36. The van der Waals surface area contributed by atoms with Crippen LogP contribution >= 0.6 is 0 Å². The maximum absolute atomic E-state index is 5.72. The summed E-state index contributed by atoms with van der Waals surface area (Å²) < 4.78 is 1.80. The van der Waals surface area contributed by atoms with Gasteiger partial charge in [0.25, 0.3) is 0 Å². The van der Waals surface area contributed by atoms with Gasteiger partial charge in [-0.05, 0) is 29.2 Å². The van der Waals surface area contributed by atoms with Gasteiger partial charge in [0.15, 0.2) is 0 Å². The molecule has 78 valence electrons. The van der Waals surface area contributed by atoms with Crippen LogP contribution < -0.4 is 5.73 Å². The number of anilines is 1. The van der Waals surface area contributed by atoms with E-state index in [2.05, 4.69) is 22.4 Å². The first kappa shape index (κ1) is 9.43. The Morgan fingerprint density at radius 1 is 1.43 bits per heavy atom. The molecular formula is C9H17N5. The van der Waals surface area contributed by atoms with Crippen molar-refractivity contribution in [1.29, 1.82) is 0 Å². The number of rotatable bonds is 2. The molecule has 1 saturated carbocycles. The van der Waals surface area contributed by atoms with Gasteiger partial charge in [-0.25, -0.2) is 4.68 Å². The van der Waals surface area contributed by atoms with E-state index in [0.717, 1.165) is 6.42 Å². The average molecular weight is 195 g/mol. The number of hydrogen-bond donors (Lipinski definition) is 1. The van der Waals surface area contributed by atoms with Crippen LogP contribution in [0.1, 0.15) is 45.1 Å². The first-order chi connectivity index (χ1) is 6.83. The molecule has 5 nitrogen and oxygen atoms in total. The summed E-state index contributed by atoms with van der Waals surface area (Å²) in [5.41, 5.74) is 5.72. The highest BCUT2D eigenvalue weighted by Crippen LogP contribution is 2.35. The summed E-state index contributed by atoms with van der Waals surface area (Å²) in [4.78, 5) is 0. The number of nitrogen functional groups attached to an aromatic ring is 1. The third-order valence-corrected chi connectivity index (χ3v) is 3.23. The second-order valence-electron chi connectivity index (χ2n) is 4.00. The molecule has 1 aliphatic carbocycles. The molecule has 5 heteroatoms. The summed E-state index contributed by atoms with van der Waals surface area (Å²) >= 11 is 0. The van der Waals surface area contributed by atoms with Crippen molar-refractivity contribution < 1.29 is 0 Å². The van der Waals surface area contributed by atoms with Crippen molar-refractivity contribution >= 4 is 5.95 Å². The predicted octanol–water partition coefficient (Wildman–Crippen LogP) is 1.40. The molecule has 0 amide bonds. The van der Waals surface area contributed by atoms with E-state index in [9.17, 15) is 0 Å². The zero-order valence-corrected chi connectivity index (χ0v) is 8.56. The van der Waals surface area contributed by atoms with E-state index < -0.39 is 0 Å². The minimum atomic E-state index is 0.420. The highest BCUT2D eigenvalue weighted by atomic mass is 15.6. The van der Waals surface area contributed by atoms with Gasteiger partial charge in [-0.1, -0.05) is 31.3 Å². The summed E-state index contributed by atoms with van der Waals surface area (Å²) in [5.74, 6) is 1.14. The predicted molar refractivity (Wildman–Crippen MR) is 53.5 cm³/mol. The normalized spacial score (nSPS) is 27.8. The highest BCUT2D eigenvalue weighted by Gasteiger charge is 2.27. The summed E-state index contributed by atoms with van der Waals surface area (Å²) in [6.45, 7) is 2.23. The van der Waals surface area contributed by atoms with Gasteiger partial charge in [0.2, 0.25) is 5.95 Å². The van der Waals surface area contributed by atoms with E-state index in [-0.39, 0.29) is 0 Å². The van der Waals surface area contributed by atoms with Crippen molar-refractivity contribution in [3.63, 3.8) is 0 Å². The zero-order valence-electron chi connectivity index (χ0n) is 8.56. The SMILES string of the molecule is CCC1CCCCC1n1nnnc1N. The standard InChI is InChI=1S/C9H17N5/c1-2-7-5-3-4-6-8(7)14-9(10)11-12-13-14/h7-8H,2-6H2,1H3,(H2,10,11,13). The number of hydrogen-bond acceptors (Lipinski definition) is 4. The van der Waals surface area contributed by atoms with Gasteiger partial charge in [0, 0.05) is 0 Å². The molecule has 0 aromatic carbocycles. The molecule has 2 atom stereocenters.